The van der Waals surface area contributed by atoms with Gasteiger partial charge >= 0.3 is 0 Å². The van der Waals surface area contributed by atoms with Crippen molar-refractivity contribution in [1.82, 2.24) is 5.32 Å². The van der Waals surface area contributed by atoms with E-state index in [1.807, 2.05) is 0 Å². The predicted molar refractivity (Wildman–Crippen MR) is 85.3 cm³/mol. The van der Waals surface area contributed by atoms with Crippen LogP contribution < -0.4 is 15.8 Å². The van der Waals surface area contributed by atoms with Gasteiger partial charge in [-0.3, -0.25) is 0 Å². The second kappa shape index (κ2) is 8.28. The molecule has 21 heavy (non-hydrogen) atoms. The van der Waals surface area contributed by atoms with E-state index in [1.54, 1.807) is 35.6 Å². The Hall–Kier alpha value is -2.05. The summed E-state index contributed by atoms with van der Waals surface area (Å²) in [6.45, 7) is 2.35. The normalized spacial score (nSPS) is 11.5. The van der Waals surface area contributed by atoms with Crippen LogP contribution in [0, 0.1) is 0 Å². The molecule has 0 aliphatic carbocycles. The highest BCUT2D eigenvalue weighted by Gasteiger charge is 1.99. The van der Waals surface area contributed by atoms with Crippen LogP contribution in [-0.4, -0.2) is 30.7 Å². The lowest BCUT2D eigenvalue weighted by Gasteiger charge is -2.08. The second-order valence-corrected chi connectivity index (χ2v) is 5.47. The number of nitrogens with zero attached hydrogens (tertiary/aromatic N) is 1. The van der Waals surface area contributed by atoms with Crippen LogP contribution >= 0.6 is 11.3 Å². The fourth-order valence-corrected chi connectivity index (χ4v) is 2.52. The Kier molecular flexibility index (Phi) is 6.05. The fourth-order valence-electron chi connectivity index (χ4n) is 1.81. The Bertz CT molecular complexity index is 553. The molecular formula is C15H19N3O2S. The molecule has 0 fully saturated rings. The topological polar surface area (TPSA) is 79.9 Å². The monoisotopic (exact) mass is 305 g/mol. The van der Waals surface area contributed by atoms with Crippen LogP contribution in [0.3, 0.4) is 0 Å². The molecule has 5 nitrogen and oxygen atoms in total. The molecule has 0 aliphatic heterocycles. The van der Waals surface area contributed by atoms with Gasteiger partial charge in [0, 0.05) is 23.5 Å². The van der Waals surface area contributed by atoms with E-state index < -0.39 is 0 Å². The minimum atomic E-state index is 0.0943. The molecule has 0 aliphatic rings. The maximum atomic E-state index is 8.57. The minimum Gasteiger partial charge on any atom is -0.492 e. The van der Waals surface area contributed by atoms with Crippen molar-refractivity contribution in [3.05, 3.63) is 52.2 Å². The van der Waals surface area contributed by atoms with Gasteiger partial charge in [-0.05, 0) is 42.1 Å². The van der Waals surface area contributed by atoms with Gasteiger partial charge < -0.3 is 21.0 Å². The predicted octanol–water partition coefficient (Wildman–Crippen LogP) is 2.05. The quantitative estimate of drug-likeness (QED) is 0.229. The van der Waals surface area contributed by atoms with E-state index in [2.05, 4.69) is 28.0 Å². The Labute approximate surface area is 128 Å². The smallest absolute Gasteiger partial charge is 0.170 e. The van der Waals surface area contributed by atoms with E-state index >= 15 is 0 Å². The van der Waals surface area contributed by atoms with E-state index in [4.69, 9.17) is 15.7 Å². The number of ether oxygens (including phenoxy) is 1. The molecule has 0 bridgehead atoms. The van der Waals surface area contributed by atoms with Crippen molar-refractivity contribution in [2.75, 3.05) is 19.7 Å². The molecule has 1 aromatic carbocycles. The number of hydrogen-bond donors (Lipinski definition) is 3. The summed E-state index contributed by atoms with van der Waals surface area (Å²) in [7, 11) is 0. The standard InChI is InChI=1S/C15H19N3O2S/c16-15(18-19)12-3-5-13(6-4-12)20-10-9-17-8-7-14-2-1-11-21-14/h1-6,11,17,19H,7-10H2,(H2,16,18). The third kappa shape index (κ3) is 5.09. The first-order valence-electron chi connectivity index (χ1n) is 6.73. The lowest BCUT2D eigenvalue weighted by atomic mass is 10.2. The summed E-state index contributed by atoms with van der Waals surface area (Å²) < 4.78 is 5.61. The van der Waals surface area contributed by atoms with Gasteiger partial charge in [0.05, 0.1) is 0 Å². The van der Waals surface area contributed by atoms with Crippen molar-refractivity contribution >= 4 is 17.2 Å². The molecule has 112 valence electrons. The zero-order chi connectivity index (χ0) is 14.9. The molecule has 1 aromatic heterocycles. The maximum Gasteiger partial charge on any atom is 0.170 e. The fraction of sp³-hybridized carbons (Fsp3) is 0.267. The first kappa shape index (κ1) is 15.3. The summed E-state index contributed by atoms with van der Waals surface area (Å²) in [5.74, 6) is 0.862. The highest BCUT2D eigenvalue weighted by atomic mass is 32.1. The summed E-state index contributed by atoms with van der Waals surface area (Å²) in [5.41, 5.74) is 6.16. The van der Waals surface area contributed by atoms with Gasteiger partial charge in [-0.2, -0.15) is 0 Å². The molecule has 2 aromatic rings. The Balaban J connectivity index is 1.62. The van der Waals surface area contributed by atoms with E-state index in [0.29, 0.717) is 12.2 Å². The van der Waals surface area contributed by atoms with E-state index in [0.717, 1.165) is 25.3 Å². The van der Waals surface area contributed by atoms with Crippen molar-refractivity contribution in [2.45, 2.75) is 6.42 Å². The Morgan fingerprint density at radius 1 is 1.24 bits per heavy atom. The van der Waals surface area contributed by atoms with Crippen molar-refractivity contribution < 1.29 is 9.94 Å². The minimum absolute atomic E-state index is 0.0943. The molecule has 0 amide bonds. The van der Waals surface area contributed by atoms with Crippen LogP contribution in [0.25, 0.3) is 0 Å². The molecule has 0 atom stereocenters. The SMILES string of the molecule is NC(=NO)c1ccc(OCCNCCc2cccs2)cc1. The average molecular weight is 305 g/mol. The molecule has 6 heteroatoms. The van der Waals surface area contributed by atoms with Crippen LogP contribution in [0.4, 0.5) is 0 Å². The molecule has 1 heterocycles. The van der Waals surface area contributed by atoms with E-state index in [1.165, 1.54) is 4.88 Å². The summed E-state index contributed by atoms with van der Waals surface area (Å²) >= 11 is 1.78. The van der Waals surface area contributed by atoms with E-state index in [9.17, 15) is 0 Å². The van der Waals surface area contributed by atoms with Crippen molar-refractivity contribution in [1.29, 1.82) is 0 Å². The maximum absolute atomic E-state index is 8.57. The number of nitrogens with two attached hydrogens (primary N) is 1. The lowest BCUT2D eigenvalue weighted by molar-refractivity contribution is 0.314. The van der Waals surface area contributed by atoms with Crippen LogP contribution in [0.1, 0.15) is 10.4 Å². The first-order chi connectivity index (χ1) is 10.3. The summed E-state index contributed by atoms with van der Waals surface area (Å²) in [6, 6.07) is 11.3. The first-order valence-corrected chi connectivity index (χ1v) is 7.61. The molecule has 0 saturated heterocycles. The molecule has 0 spiro atoms. The van der Waals surface area contributed by atoms with Crippen molar-refractivity contribution in [3.63, 3.8) is 0 Å². The molecule has 0 radical (unpaired) electrons. The zero-order valence-electron chi connectivity index (χ0n) is 11.7. The number of thiophene rings is 1. The van der Waals surface area contributed by atoms with Gasteiger partial charge in [-0.25, -0.2) is 0 Å². The lowest BCUT2D eigenvalue weighted by Crippen LogP contribution is -2.23. The third-order valence-corrected chi connectivity index (χ3v) is 3.87. The second-order valence-electron chi connectivity index (χ2n) is 4.44. The number of hydrogen-bond acceptors (Lipinski definition) is 5. The molecule has 0 saturated carbocycles. The summed E-state index contributed by atoms with van der Waals surface area (Å²) in [6.07, 6.45) is 1.05. The van der Waals surface area contributed by atoms with Crippen molar-refractivity contribution in [3.8, 4) is 5.75 Å². The number of rotatable bonds is 8. The van der Waals surface area contributed by atoms with Gasteiger partial charge in [-0.1, -0.05) is 11.2 Å². The van der Waals surface area contributed by atoms with Gasteiger partial charge in [0.25, 0.3) is 0 Å². The summed E-state index contributed by atoms with van der Waals surface area (Å²) in [5, 5.41) is 17.0. The number of benzene rings is 1. The Morgan fingerprint density at radius 3 is 2.71 bits per heavy atom. The van der Waals surface area contributed by atoms with Gasteiger partial charge in [-0.15, -0.1) is 11.3 Å². The highest BCUT2D eigenvalue weighted by Crippen LogP contribution is 2.11. The number of nitrogens with one attached hydrogen (secondary N) is 1. The van der Waals surface area contributed by atoms with Gasteiger partial charge in [0.15, 0.2) is 5.84 Å². The van der Waals surface area contributed by atoms with Crippen LogP contribution in [0.2, 0.25) is 0 Å². The van der Waals surface area contributed by atoms with Crippen LogP contribution in [0.15, 0.2) is 46.9 Å². The van der Waals surface area contributed by atoms with Crippen LogP contribution in [0.5, 0.6) is 5.75 Å². The zero-order valence-corrected chi connectivity index (χ0v) is 12.5. The van der Waals surface area contributed by atoms with Crippen molar-refractivity contribution in [2.24, 2.45) is 10.9 Å². The van der Waals surface area contributed by atoms with Gasteiger partial charge in [0.1, 0.15) is 12.4 Å². The Morgan fingerprint density at radius 2 is 2.05 bits per heavy atom. The number of amidine groups is 1. The number of oxime groups is 1. The highest BCUT2D eigenvalue weighted by molar-refractivity contribution is 7.09. The van der Waals surface area contributed by atoms with E-state index in [-0.39, 0.29) is 5.84 Å². The third-order valence-electron chi connectivity index (χ3n) is 2.93. The molecular weight excluding hydrogens is 286 g/mol. The largest absolute Gasteiger partial charge is 0.492 e. The summed E-state index contributed by atoms with van der Waals surface area (Å²) in [4.78, 5) is 1.39. The average Bonchev–Trinajstić information content (AvgIpc) is 3.04. The van der Waals surface area contributed by atoms with Crippen LogP contribution in [-0.2, 0) is 6.42 Å². The molecule has 4 N–H and O–H groups in total. The molecule has 2 rings (SSSR count). The molecule has 0 unspecified atom stereocenters. The van der Waals surface area contributed by atoms with Gasteiger partial charge in [0.2, 0.25) is 0 Å².